The van der Waals surface area contributed by atoms with Crippen LogP contribution in [0.25, 0.3) is 0 Å². The number of hydrogen-bond donors (Lipinski definition) is 1. The number of carbonyl (C=O) groups is 1. The second kappa shape index (κ2) is 5.82. The summed E-state index contributed by atoms with van der Waals surface area (Å²) in [5.41, 5.74) is 1.35. The van der Waals surface area contributed by atoms with E-state index in [1.54, 1.807) is 12.1 Å². The Bertz CT molecular complexity index is 621. The lowest BCUT2D eigenvalue weighted by Crippen LogP contribution is -2.13. The second-order valence-corrected chi connectivity index (χ2v) is 4.86. The third kappa shape index (κ3) is 3.20. The Labute approximate surface area is 116 Å². The zero-order valence-electron chi connectivity index (χ0n) is 11.3. The van der Waals surface area contributed by atoms with Crippen molar-refractivity contribution in [1.29, 1.82) is 0 Å². The van der Waals surface area contributed by atoms with Gasteiger partial charge in [-0.15, -0.1) is 0 Å². The quantitative estimate of drug-likeness (QED) is 0.887. The molecule has 0 fully saturated rings. The maximum atomic E-state index is 13.4. The number of carbonyl (C=O) groups excluding carboxylic acids is 1. The smallest absolute Gasteiger partial charge is 0.255 e. The molecule has 0 aliphatic carbocycles. The zero-order chi connectivity index (χ0) is 14.7. The van der Waals surface area contributed by atoms with Crippen molar-refractivity contribution < 1.29 is 13.6 Å². The topological polar surface area (TPSA) is 29.1 Å². The van der Waals surface area contributed by atoms with Crippen LogP contribution in [0.1, 0.15) is 35.7 Å². The predicted molar refractivity (Wildman–Crippen MR) is 74.8 cm³/mol. The summed E-state index contributed by atoms with van der Waals surface area (Å²) in [7, 11) is 0. The van der Waals surface area contributed by atoms with Gasteiger partial charge in [0.1, 0.15) is 11.6 Å². The Morgan fingerprint density at radius 3 is 2.30 bits per heavy atom. The van der Waals surface area contributed by atoms with Gasteiger partial charge in [-0.05, 0) is 35.7 Å². The summed E-state index contributed by atoms with van der Waals surface area (Å²) >= 11 is 0. The van der Waals surface area contributed by atoms with Crippen LogP contribution in [0.5, 0.6) is 0 Å². The van der Waals surface area contributed by atoms with Gasteiger partial charge in [0, 0.05) is 11.6 Å². The fraction of sp³-hybridized carbons (Fsp3) is 0.188. The van der Waals surface area contributed by atoms with E-state index >= 15 is 0 Å². The van der Waals surface area contributed by atoms with Crippen molar-refractivity contribution in [3.8, 4) is 0 Å². The largest absolute Gasteiger partial charge is 0.319 e. The molecule has 0 radical (unpaired) electrons. The molecule has 2 nitrogen and oxygen atoms in total. The average molecular weight is 275 g/mol. The van der Waals surface area contributed by atoms with Crippen molar-refractivity contribution in [1.82, 2.24) is 0 Å². The van der Waals surface area contributed by atoms with E-state index in [0.717, 1.165) is 23.8 Å². The number of anilines is 1. The maximum absolute atomic E-state index is 13.4. The Kier molecular flexibility index (Phi) is 4.13. The van der Waals surface area contributed by atoms with E-state index in [4.69, 9.17) is 0 Å². The van der Waals surface area contributed by atoms with Crippen molar-refractivity contribution in [3.63, 3.8) is 0 Å². The Morgan fingerprint density at radius 1 is 1.05 bits per heavy atom. The molecular formula is C16H15F2NO. The van der Waals surface area contributed by atoms with E-state index < -0.39 is 17.5 Å². The molecule has 0 spiro atoms. The Morgan fingerprint density at radius 2 is 1.70 bits per heavy atom. The molecule has 0 saturated heterocycles. The molecule has 1 N–H and O–H groups in total. The molecule has 2 aromatic rings. The van der Waals surface area contributed by atoms with Crippen molar-refractivity contribution in [3.05, 3.63) is 65.2 Å². The lowest BCUT2D eigenvalue weighted by molar-refractivity contribution is 0.102. The number of rotatable bonds is 3. The first-order chi connectivity index (χ1) is 9.47. The summed E-state index contributed by atoms with van der Waals surface area (Å²) in [6.45, 7) is 4.11. The number of nitrogens with one attached hydrogen (secondary N) is 1. The Hall–Kier alpha value is -2.23. The number of halogens is 2. The van der Waals surface area contributed by atoms with E-state index in [1.807, 2.05) is 12.1 Å². The standard InChI is InChI=1S/C16H15F2NO/c1-10(2)11-3-5-12(6-4-11)16(20)19-15-9-13(17)7-8-14(15)18/h3-10H,1-2H3,(H,19,20). The highest BCUT2D eigenvalue weighted by Crippen LogP contribution is 2.18. The number of hydrogen-bond acceptors (Lipinski definition) is 1. The first kappa shape index (κ1) is 14.2. The van der Waals surface area contributed by atoms with Crippen molar-refractivity contribution >= 4 is 11.6 Å². The summed E-state index contributed by atoms with van der Waals surface area (Å²) < 4.78 is 26.5. The molecule has 0 aromatic heterocycles. The Balaban J connectivity index is 2.17. The highest BCUT2D eigenvalue weighted by Gasteiger charge is 2.10. The molecule has 0 aliphatic rings. The van der Waals surface area contributed by atoms with Crippen LogP contribution >= 0.6 is 0 Å². The van der Waals surface area contributed by atoms with Gasteiger partial charge in [0.15, 0.2) is 0 Å². The monoisotopic (exact) mass is 275 g/mol. The first-order valence-corrected chi connectivity index (χ1v) is 6.33. The molecule has 0 aliphatic heterocycles. The molecule has 1 amide bonds. The average Bonchev–Trinajstić information content (AvgIpc) is 2.43. The summed E-state index contributed by atoms with van der Waals surface area (Å²) in [5.74, 6) is -1.37. The molecular weight excluding hydrogens is 260 g/mol. The minimum absolute atomic E-state index is 0.164. The van der Waals surface area contributed by atoms with Gasteiger partial charge in [-0.1, -0.05) is 26.0 Å². The predicted octanol–water partition coefficient (Wildman–Crippen LogP) is 4.34. The summed E-state index contributed by atoms with van der Waals surface area (Å²) in [6, 6.07) is 9.97. The first-order valence-electron chi connectivity index (χ1n) is 6.33. The van der Waals surface area contributed by atoms with Crippen molar-refractivity contribution in [2.24, 2.45) is 0 Å². The number of benzene rings is 2. The van der Waals surface area contributed by atoms with Gasteiger partial charge in [0.05, 0.1) is 5.69 Å². The van der Waals surface area contributed by atoms with E-state index in [-0.39, 0.29) is 5.69 Å². The molecule has 2 rings (SSSR count). The summed E-state index contributed by atoms with van der Waals surface area (Å²) in [6.07, 6.45) is 0. The van der Waals surface area contributed by atoms with E-state index in [0.29, 0.717) is 11.5 Å². The summed E-state index contributed by atoms with van der Waals surface area (Å²) in [4.78, 5) is 12.0. The molecule has 0 atom stereocenters. The van der Waals surface area contributed by atoms with Gasteiger partial charge in [0.2, 0.25) is 0 Å². The van der Waals surface area contributed by atoms with Crippen LogP contribution in [0.2, 0.25) is 0 Å². The van der Waals surface area contributed by atoms with Crippen LogP contribution in [0.4, 0.5) is 14.5 Å². The molecule has 104 valence electrons. The highest BCUT2D eigenvalue weighted by molar-refractivity contribution is 6.04. The van der Waals surface area contributed by atoms with Crippen LogP contribution in [0.3, 0.4) is 0 Å². The normalized spacial score (nSPS) is 10.7. The molecule has 0 heterocycles. The number of amides is 1. The molecule has 20 heavy (non-hydrogen) atoms. The molecule has 0 bridgehead atoms. The lowest BCUT2D eigenvalue weighted by atomic mass is 10.0. The van der Waals surface area contributed by atoms with E-state index in [1.165, 1.54) is 0 Å². The fourth-order valence-electron chi connectivity index (χ4n) is 1.81. The molecule has 0 saturated carbocycles. The van der Waals surface area contributed by atoms with E-state index in [2.05, 4.69) is 19.2 Å². The van der Waals surface area contributed by atoms with Gasteiger partial charge in [-0.3, -0.25) is 4.79 Å². The lowest BCUT2D eigenvalue weighted by Gasteiger charge is -2.08. The third-order valence-corrected chi connectivity index (χ3v) is 3.02. The molecule has 2 aromatic carbocycles. The van der Waals surface area contributed by atoms with Crippen LogP contribution < -0.4 is 5.32 Å². The van der Waals surface area contributed by atoms with Gasteiger partial charge in [0.25, 0.3) is 5.91 Å². The van der Waals surface area contributed by atoms with Crippen LogP contribution in [-0.4, -0.2) is 5.91 Å². The van der Waals surface area contributed by atoms with Gasteiger partial charge < -0.3 is 5.32 Å². The zero-order valence-corrected chi connectivity index (χ0v) is 11.3. The maximum Gasteiger partial charge on any atom is 0.255 e. The van der Waals surface area contributed by atoms with Crippen molar-refractivity contribution in [2.75, 3.05) is 5.32 Å². The second-order valence-electron chi connectivity index (χ2n) is 4.86. The third-order valence-electron chi connectivity index (χ3n) is 3.02. The van der Waals surface area contributed by atoms with Crippen LogP contribution in [0.15, 0.2) is 42.5 Å². The van der Waals surface area contributed by atoms with Gasteiger partial charge in [-0.25, -0.2) is 8.78 Å². The fourth-order valence-corrected chi connectivity index (χ4v) is 1.81. The SMILES string of the molecule is CC(C)c1ccc(C(=O)Nc2cc(F)ccc2F)cc1. The van der Waals surface area contributed by atoms with Crippen LogP contribution in [0, 0.1) is 11.6 Å². The minimum Gasteiger partial charge on any atom is -0.319 e. The van der Waals surface area contributed by atoms with Gasteiger partial charge in [-0.2, -0.15) is 0 Å². The van der Waals surface area contributed by atoms with Crippen LogP contribution in [-0.2, 0) is 0 Å². The minimum atomic E-state index is -0.668. The van der Waals surface area contributed by atoms with Crippen molar-refractivity contribution in [2.45, 2.75) is 19.8 Å². The highest BCUT2D eigenvalue weighted by atomic mass is 19.1. The van der Waals surface area contributed by atoms with E-state index in [9.17, 15) is 13.6 Å². The molecule has 0 unspecified atom stereocenters. The van der Waals surface area contributed by atoms with Gasteiger partial charge >= 0.3 is 0 Å². The summed E-state index contributed by atoms with van der Waals surface area (Å²) in [5, 5.41) is 2.36. The molecule has 4 heteroatoms.